The summed E-state index contributed by atoms with van der Waals surface area (Å²) < 4.78 is 7.68. The van der Waals surface area contributed by atoms with Gasteiger partial charge in [-0.3, -0.25) is 0 Å². The van der Waals surface area contributed by atoms with Gasteiger partial charge in [0.25, 0.3) is 0 Å². The number of hydrogen-bond acceptors (Lipinski definition) is 3. The van der Waals surface area contributed by atoms with Crippen molar-refractivity contribution in [3.8, 4) is 5.75 Å². The van der Waals surface area contributed by atoms with Crippen LogP contribution in [-0.4, -0.2) is 23.2 Å². The van der Waals surface area contributed by atoms with Gasteiger partial charge in [-0.05, 0) is 24.7 Å². The summed E-state index contributed by atoms with van der Waals surface area (Å²) in [6, 6.07) is 5.85. The largest absolute Gasteiger partial charge is 0.492 e. The monoisotopic (exact) mass is 279 g/mol. The molecule has 0 atom stereocenters. The molecule has 0 amide bonds. The van der Waals surface area contributed by atoms with Gasteiger partial charge in [-0.2, -0.15) is 0 Å². The number of ether oxygens (including phenoxy) is 1. The Balaban J connectivity index is 1.91. The molecule has 102 valence electrons. The van der Waals surface area contributed by atoms with E-state index >= 15 is 0 Å². The zero-order chi connectivity index (χ0) is 13.7. The number of aryl methyl sites for hydroxylation is 1. The van der Waals surface area contributed by atoms with Gasteiger partial charge in [-0.1, -0.05) is 17.7 Å². The standard InChI is InChI=1S/C14H18ClN3O/c1-16-10-11-3-4-13(12(15)9-11)19-8-5-14-17-6-7-18(14)2/h3-4,6-7,9,16H,5,8,10H2,1-2H3. The Morgan fingerprint density at radius 2 is 2.26 bits per heavy atom. The molecule has 0 aliphatic heterocycles. The van der Waals surface area contributed by atoms with Crippen LogP contribution < -0.4 is 10.1 Å². The lowest BCUT2D eigenvalue weighted by molar-refractivity contribution is 0.317. The fourth-order valence-electron chi connectivity index (χ4n) is 1.87. The van der Waals surface area contributed by atoms with E-state index in [1.165, 1.54) is 0 Å². The van der Waals surface area contributed by atoms with Crippen molar-refractivity contribution in [3.63, 3.8) is 0 Å². The summed E-state index contributed by atoms with van der Waals surface area (Å²) in [5.74, 6) is 1.72. The van der Waals surface area contributed by atoms with Crippen molar-refractivity contribution in [2.75, 3.05) is 13.7 Å². The van der Waals surface area contributed by atoms with Crippen molar-refractivity contribution in [1.82, 2.24) is 14.9 Å². The number of nitrogens with one attached hydrogen (secondary N) is 1. The number of aromatic nitrogens is 2. The highest BCUT2D eigenvalue weighted by molar-refractivity contribution is 6.32. The van der Waals surface area contributed by atoms with E-state index < -0.39 is 0 Å². The van der Waals surface area contributed by atoms with Crippen molar-refractivity contribution in [2.45, 2.75) is 13.0 Å². The summed E-state index contributed by atoms with van der Waals surface area (Å²) in [5.41, 5.74) is 1.14. The van der Waals surface area contributed by atoms with Gasteiger partial charge in [0, 0.05) is 32.4 Å². The van der Waals surface area contributed by atoms with Gasteiger partial charge < -0.3 is 14.6 Å². The van der Waals surface area contributed by atoms with E-state index in [9.17, 15) is 0 Å². The van der Waals surface area contributed by atoms with Crippen LogP contribution in [0.2, 0.25) is 5.02 Å². The van der Waals surface area contributed by atoms with Crippen LogP contribution in [0.1, 0.15) is 11.4 Å². The molecule has 0 bridgehead atoms. The van der Waals surface area contributed by atoms with Gasteiger partial charge in [0.05, 0.1) is 11.6 Å². The smallest absolute Gasteiger partial charge is 0.137 e. The zero-order valence-corrected chi connectivity index (χ0v) is 11.9. The minimum Gasteiger partial charge on any atom is -0.492 e. The highest BCUT2D eigenvalue weighted by Gasteiger charge is 2.04. The quantitative estimate of drug-likeness (QED) is 0.883. The van der Waals surface area contributed by atoms with Gasteiger partial charge in [0.2, 0.25) is 0 Å². The van der Waals surface area contributed by atoms with Crippen molar-refractivity contribution < 1.29 is 4.74 Å². The zero-order valence-electron chi connectivity index (χ0n) is 11.2. The predicted octanol–water partition coefficient (Wildman–Crippen LogP) is 2.41. The van der Waals surface area contributed by atoms with Crippen LogP contribution in [0.15, 0.2) is 30.6 Å². The second kappa shape index (κ2) is 6.59. The highest BCUT2D eigenvalue weighted by atomic mass is 35.5. The second-order valence-electron chi connectivity index (χ2n) is 4.35. The molecule has 2 aromatic rings. The highest BCUT2D eigenvalue weighted by Crippen LogP contribution is 2.25. The summed E-state index contributed by atoms with van der Waals surface area (Å²) in [5, 5.41) is 3.73. The molecule has 0 spiro atoms. The molecule has 1 heterocycles. The second-order valence-corrected chi connectivity index (χ2v) is 4.76. The predicted molar refractivity (Wildman–Crippen MR) is 76.6 cm³/mol. The first-order chi connectivity index (χ1) is 9.20. The van der Waals surface area contributed by atoms with Gasteiger partial charge in [-0.25, -0.2) is 4.98 Å². The topological polar surface area (TPSA) is 39.1 Å². The van der Waals surface area contributed by atoms with E-state index in [2.05, 4.69) is 10.3 Å². The number of halogens is 1. The van der Waals surface area contributed by atoms with Crippen LogP contribution in [-0.2, 0) is 20.0 Å². The molecule has 0 aliphatic carbocycles. The molecule has 1 N–H and O–H groups in total. The summed E-state index contributed by atoms with van der Waals surface area (Å²) in [4.78, 5) is 4.25. The Hall–Kier alpha value is -1.52. The van der Waals surface area contributed by atoms with E-state index in [1.54, 1.807) is 6.20 Å². The first-order valence-electron chi connectivity index (χ1n) is 6.22. The number of benzene rings is 1. The lowest BCUT2D eigenvalue weighted by Crippen LogP contribution is -2.07. The van der Waals surface area contributed by atoms with Crippen LogP contribution in [0.4, 0.5) is 0 Å². The maximum atomic E-state index is 6.18. The molecule has 4 nitrogen and oxygen atoms in total. The number of imidazole rings is 1. The van der Waals surface area contributed by atoms with E-state index in [0.717, 1.165) is 30.1 Å². The molecule has 0 saturated carbocycles. The van der Waals surface area contributed by atoms with Crippen molar-refractivity contribution in [1.29, 1.82) is 0 Å². The normalized spacial score (nSPS) is 10.7. The summed E-state index contributed by atoms with van der Waals surface area (Å²) >= 11 is 6.18. The van der Waals surface area contributed by atoms with Crippen LogP contribution in [0.3, 0.4) is 0 Å². The van der Waals surface area contributed by atoms with Gasteiger partial charge in [0.1, 0.15) is 11.6 Å². The Morgan fingerprint density at radius 3 is 2.89 bits per heavy atom. The number of rotatable bonds is 6. The number of hydrogen-bond donors (Lipinski definition) is 1. The van der Waals surface area contributed by atoms with Crippen molar-refractivity contribution >= 4 is 11.6 Å². The number of nitrogens with zero attached hydrogens (tertiary/aromatic N) is 2. The Labute approximate surface area is 118 Å². The van der Waals surface area contributed by atoms with Gasteiger partial charge >= 0.3 is 0 Å². The molecule has 0 fully saturated rings. The summed E-state index contributed by atoms with van der Waals surface area (Å²) in [6.07, 6.45) is 4.47. The molecule has 0 radical (unpaired) electrons. The average Bonchev–Trinajstić information content (AvgIpc) is 2.78. The summed E-state index contributed by atoms with van der Waals surface area (Å²) in [6.45, 7) is 1.36. The van der Waals surface area contributed by atoms with E-state index in [1.807, 2.05) is 43.1 Å². The minimum atomic E-state index is 0.565. The fraction of sp³-hybridized carbons (Fsp3) is 0.357. The molecular formula is C14H18ClN3O. The Kier molecular flexibility index (Phi) is 4.82. The van der Waals surface area contributed by atoms with Crippen LogP contribution >= 0.6 is 11.6 Å². The molecule has 1 aromatic heterocycles. The third-order valence-electron chi connectivity index (χ3n) is 2.88. The average molecular weight is 280 g/mol. The first kappa shape index (κ1) is 13.9. The molecule has 0 unspecified atom stereocenters. The maximum absolute atomic E-state index is 6.18. The third kappa shape index (κ3) is 3.72. The Morgan fingerprint density at radius 1 is 1.42 bits per heavy atom. The fourth-order valence-corrected chi connectivity index (χ4v) is 2.12. The molecular weight excluding hydrogens is 262 g/mol. The van der Waals surface area contributed by atoms with E-state index in [4.69, 9.17) is 16.3 Å². The SMILES string of the molecule is CNCc1ccc(OCCc2nccn2C)c(Cl)c1. The van der Waals surface area contributed by atoms with Crippen molar-refractivity contribution in [3.05, 3.63) is 47.0 Å². The summed E-state index contributed by atoms with van der Waals surface area (Å²) in [7, 11) is 3.88. The van der Waals surface area contributed by atoms with E-state index in [0.29, 0.717) is 11.6 Å². The molecule has 1 aromatic carbocycles. The van der Waals surface area contributed by atoms with Gasteiger partial charge in [-0.15, -0.1) is 0 Å². The van der Waals surface area contributed by atoms with Crippen molar-refractivity contribution in [2.24, 2.45) is 7.05 Å². The molecule has 19 heavy (non-hydrogen) atoms. The van der Waals surface area contributed by atoms with Crippen LogP contribution in [0.25, 0.3) is 0 Å². The lowest BCUT2D eigenvalue weighted by atomic mass is 10.2. The molecule has 2 rings (SSSR count). The maximum Gasteiger partial charge on any atom is 0.137 e. The lowest BCUT2D eigenvalue weighted by Gasteiger charge is -2.09. The van der Waals surface area contributed by atoms with E-state index in [-0.39, 0.29) is 0 Å². The molecule has 5 heteroatoms. The molecule has 0 saturated heterocycles. The van der Waals surface area contributed by atoms with Gasteiger partial charge in [0.15, 0.2) is 0 Å². The minimum absolute atomic E-state index is 0.565. The van der Waals surface area contributed by atoms with Crippen LogP contribution in [0.5, 0.6) is 5.75 Å². The first-order valence-corrected chi connectivity index (χ1v) is 6.60. The Bertz CT molecular complexity index is 539. The van der Waals surface area contributed by atoms with Crippen LogP contribution in [0, 0.1) is 0 Å². The molecule has 0 aliphatic rings. The third-order valence-corrected chi connectivity index (χ3v) is 3.18.